The summed E-state index contributed by atoms with van der Waals surface area (Å²) in [5.41, 5.74) is 7.62. The van der Waals surface area contributed by atoms with Crippen molar-refractivity contribution in [1.29, 1.82) is 0 Å². The molecule has 0 amide bonds. The maximum atomic E-state index is 13.2. The number of oxime groups is 1. The Morgan fingerprint density at radius 2 is 1.81 bits per heavy atom. The van der Waals surface area contributed by atoms with E-state index in [0.717, 1.165) is 11.8 Å². The molecule has 2 aromatic rings. The van der Waals surface area contributed by atoms with E-state index in [-0.39, 0.29) is 5.84 Å². The number of amidine groups is 1. The smallest absolute Gasteiger partial charge is 0.170 e. The molecule has 0 heterocycles. The van der Waals surface area contributed by atoms with Crippen LogP contribution in [0, 0.1) is 11.6 Å². The van der Waals surface area contributed by atoms with E-state index in [1.807, 2.05) is 11.9 Å². The van der Waals surface area contributed by atoms with Crippen molar-refractivity contribution in [2.75, 3.05) is 11.9 Å². The Hall–Kier alpha value is -2.63. The minimum absolute atomic E-state index is 0.0322. The van der Waals surface area contributed by atoms with Crippen LogP contribution in [0.3, 0.4) is 0 Å². The molecule has 0 aliphatic rings. The fourth-order valence-electron chi connectivity index (χ4n) is 1.95. The summed E-state index contributed by atoms with van der Waals surface area (Å²) >= 11 is 0. The first kappa shape index (κ1) is 14.8. The lowest BCUT2D eigenvalue weighted by Gasteiger charge is -2.19. The van der Waals surface area contributed by atoms with Gasteiger partial charge in [-0.2, -0.15) is 0 Å². The molecule has 0 saturated carbocycles. The van der Waals surface area contributed by atoms with Crippen LogP contribution in [0.15, 0.2) is 47.6 Å². The van der Waals surface area contributed by atoms with Gasteiger partial charge in [-0.3, -0.25) is 0 Å². The number of anilines is 1. The molecule has 0 bridgehead atoms. The van der Waals surface area contributed by atoms with Gasteiger partial charge in [-0.25, -0.2) is 8.78 Å². The second-order valence-electron chi connectivity index (χ2n) is 4.64. The van der Waals surface area contributed by atoms with Crippen molar-refractivity contribution in [3.63, 3.8) is 0 Å². The van der Waals surface area contributed by atoms with Crippen molar-refractivity contribution >= 4 is 11.5 Å². The van der Waals surface area contributed by atoms with Gasteiger partial charge in [-0.15, -0.1) is 0 Å². The van der Waals surface area contributed by atoms with E-state index in [2.05, 4.69) is 5.16 Å². The molecule has 3 N–H and O–H groups in total. The van der Waals surface area contributed by atoms with Gasteiger partial charge < -0.3 is 15.8 Å². The van der Waals surface area contributed by atoms with Crippen molar-refractivity contribution in [2.24, 2.45) is 10.9 Å². The molecule has 0 radical (unpaired) electrons. The van der Waals surface area contributed by atoms with Gasteiger partial charge in [-0.05, 0) is 42.0 Å². The molecule has 0 aromatic heterocycles. The van der Waals surface area contributed by atoms with Crippen molar-refractivity contribution in [1.82, 2.24) is 0 Å². The van der Waals surface area contributed by atoms with Gasteiger partial charge in [0.15, 0.2) is 17.5 Å². The summed E-state index contributed by atoms with van der Waals surface area (Å²) in [5.74, 6) is -1.68. The van der Waals surface area contributed by atoms with Crippen LogP contribution >= 0.6 is 0 Å². The monoisotopic (exact) mass is 291 g/mol. The van der Waals surface area contributed by atoms with E-state index >= 15 is 0 Å². The fourth-order valence-corrected chi connectivity index (χ4v) is 1.95. The maximum absolute atomic E-state index is 13.2. The molecule has 0 aliphatic carbocycles. The Balaban J connectivity index is 2.12. The molecule has 2 aromatic carbocycles. The Morgan fingerprint density at radius 3 is 2.38 bits per heavy atom. The lowest BCUT2D eigenvalue weighted by molar-refractivity contribution is 0.318. The topological polar surface area (TPSA) is 61.8 Å². The maximum Gasteiger partial charge on any atom is 0.170 e. The lowest BCUT2D eigenvalue weighted by atomic mass is 10.1. The molecule has 0 unspecified atom stereocenters. The zero-order chi connectivity index (χ0) is 15.4. The largest absolute Gasteiger partial charge is 0.409 e. The Kier molecular flexibility index (Phi) is 4.37. The number of halogens is 2. The van der Waals surface area contributed by atoms with Gasteiger partial charge in [0, 0.05) is 24.8 Å². The quantitative estimate of drug-likeness (QED) is 0.394. The van der Waals surface area contributed by atoms with E-state index in [1.165, 1.54) is 6.07 Å². The van der Waals surface area contributed by atoms with Crippen LogP contribution in [-0.2, 0) is 6.54 Å². The number of benzene rings is 2. The molecule has 4 nitrogen and oxygen atoms in total. The van der Waals surface area contributed by atoms with Crippen LogP contribution in [0.2, 0.25) is 0 Å². The van der Waals surface area contributed by atoms with Gasteiger partial charge in [-0.1, -0.05) is 11.2 Å². The van der Waals surface area contributed by atoms with Crippen LogP contribution in [0.25, 0.3) is 0 Å². The number of rotatable bonds is 4. The average molecular weight is 291 g/mol. The number of nitrogens with two attached hydrogens (primary N) is 1. The van der Waals surface area contributed by atoms with Gasteiger partial charge in [0.2, 0.25) is 0 Å². The molecule has 6 heteroatoms. The number of hydrogen-bond acceptors (Lipinski definition) is 3. The minimum atomic E-state index is -0.858. The summed E-state index contributed by atoms with van der Waals surface area (Å²) in [7, 11) is 1.83. The molecule has 0 aliphatic heterocycles. The SMILES string of the molecule is CN(Cc1ccc(F)c(F)c1)c1ccc(/C(N)=N/O)cc1. The molecule has 0 fully saturated rings. The highest BCUT2D eigenvalue weighted by atomic mass is 19.2. The third-order valence-electron chi connectivity index (χ3n) is 3.12. The molecule has 0 atom stereocenters. The lowest BCUT2D eigenvalue weighted by Crippen LogP contribution is -2.17. The van der Waals surface area contributed by atoms with E-state index in [0.29, 0.717) is 17.7 Å². The Bertz CT molecular complexity index is 656. The predicted octanol–water partition coefficient (Wildman–Crippen LogP) is 2.70. The molecular formula is C15H15F2N3O. The first-order valence-electron chi connectivity index (χ1n) is 6.24. The number of hydrogen-bond donors (Lipinski definition) is 2. The van der Waals surface area contributed by atoms with E-state index < -0.39 is 11.6 Å². The summed E-state index contributed by atoms with van der Waals surface area (Å²) in [5, 5.41) is 11.5. The van der Waals surface area contributed by atoms with Gasteiger partial charge in [0.25, 0.3) is 0 Å². The molecule has 2 rings (SSSR count). The zero-order valence-corrected chi connectivity index (χ0v) is 11.4. The average Bonchev–Trinajstić information content (AvgIpc) is 2.50. The van der Waals surface area contributed by atoms with Crippen LogP contribution in [0.5, 0.6) is 0 Å². The molecule has 0 saturated heterocycles. The highest BCUT2D eigenvalue weighted by Gasteiger charge is 2.07. The number of nitrogens with zero attached hydrogens (tertiary/aromatic N) is 2. The standard InChI is InChI=1S/C15H15F2N3O/c1-20(9-10-2-7-13(16)14(17)8-10)12-5-3-11(4-6-12)15(18)19-21/h2-8,21H,9H2,1H3,(H2,18,19). The minimum Gasteiger partial charge on any atom is -0.409 e. The molecule has 0 spiro atoms. The third-order valence-corrected chi connectivity index (χ3v) is 3.12. The van der Waals surface area contributed by atoms with Gasteiger partial charge in [0.05, 0.1) is 0 Å². The van der Waals surface area contributed by atoms with Crippen LogP contribution in [-0.4, -0.2) is 18.1 Å². The van der Waals surface area contributed by atoms with Gasteiger partial charge >= 0.3 is 0 Å². The van der Waals surface area contributed by atoms with Crippen LogP contribution < -0.4 is 10.6 Å². The molecular weight excluding hydrogens is 276 g/mol. The second-order valence-corrected chi connectivity index (χ2v) is 4.64. The van der Waals surface area contributed by atoms with E-state index in [9.17, 15) is 8.78 Å². The summed E-state index contributed by atoms with van der Waals surface area (Å²) in [6, 6.07) is 10.9. The van der Waals surface area contributed by atoms with E-state index in [1.54, 1.807) is 30.3 Å². The normalized spacial score (nSPS) is 11.5. The highest BCUT2D eigenvalue weighted by Crippen LogP contribution is 2.17. The van der Waals surface area contributed by atoms with Crippen molar-refractivity contribution in [2.45, 2.75) is 6.54 Å². The molecule has 21 heavy (non-hydrogen) atoms. The highest BCUT2D eigenvalue weighted by molar-refractivity contribution is 5.97. The zero-order valence-electron chi connectivity index (χ0n) is 11.4. The van der Waals surface area contributed by atoms with Crippen molar-refractivity contribution in [3.05, 3.63) is 65.2 Å². The van der Waals surface area contributed by atoms with Crippen LogP contribution in [0.4, 0.5) is 14.5 Å². The summed E-state index contributed by atoms with van der Waals surface area (Å²) in [6.45, 7) is 0.431. The van der Waals surface area contributed by atoms with Crippen LogP contribution in [0.1, 0.15) is 11.1 Å². The van der Waals surface area contributed by atoms with Crippen molar-refractivity contribution in [3.8, 4) is 0 Å². The predicted molar refractivity (Wildman–Crippen MR) is 77.4 cm³/mol. The summed E-state index contributed by atoms with van der Waals surface area (Å²) in [4.78, 5) is 1.88. The third kappa shape index (κ3) is 3.47. The van der Waals surface area contributed by atoms with Gasteiger partial charge in [0.1, 0.15) is 0 Å². The second kappa shape index (κ2) is 6.21. The molecule has 110 valence electrons. The first-order chi connectivity index (χ1) is 10.0. The fraction of sp³-hybridized carbons (Fsp3) is 0.133. The summed E-state index contributed by atoms with van der Waals surface area (Å²) in [6.07, 6.45) is 0. The van der Waals surface area contributed by atoms with Crippen molar-refractivity contribution < 1.29 is 14.0 Å². The van der Waals surface area contributed by atoms with E-state index in [4.69, 9.17) is 10.9 Å². The Morgan fingerprint density at radius 1 is 1.14 bits per heavy atom. The summed E-state index contributed by atoms with van der Waals surface area (Å²) < 4.78 is 26.0. The Labute approximate surface area is 121 Å². The first-order valence-corrected chi connectivity index (χ1v) is 6.24.